The average molecular weight is 453 g/mol. The molecule has 1 saturated carbocycles. The summed E-state index contributed by atoms with van der Waals surface area (Å²) in [6.07, 6.45) is 8.86. The van der Waals surface area contributed by atoms with E-state index in [0.29, 0.717) is 4.90 Å². The quantitative estimate of drug-likeness (QED) is 0.679. The first-order valence-electron chi connectivity index (χ1n) is 11.7. The zero-order valence-corrected chi connectivity index (χ0v) is 19.5. The molecule has 0 aromatic heterocycles. The Bertz CT molecular complexity index is 1150. The predicted octanol–water partition coefficient (Wildman–Crippen LogP) is 4.44. The van der Waals surface area contributed by atoms with Gasteiger partial charge in [-0.2, -0.15) is 0 Å². The highest BCUT2D eigenvalue weighted by Crippen LogP contribution is 2.38. The molecule has 0 bridgehead atoms. The number of carbonyl (C=O) groups excluding carboxylic acids is 1. The minimum Gasteiger partial charge on any atom is -0.305 e. The summed E-state index contributed by atoms with van der Waals surface area (Å²) in [6, 6.07) is 9.05. The van der Waals surface area contributed by atoms with E-state index >= 15 is 0 Å². The number of fused-ring (bicyclic) bond motifs is 2. The highest BCUT2D eigenvalue weighted by Gasteiger charge is 2.25. The molecule has 0 saturated heterocycles. The van der Waals surface area contributed by atoms with Crippen LogP contribution < -0.4 is 10.5 Å². The van der Waals surface area contributed by atoms with Crippen LogP contribution in [0.3, 0.4) is 0 Å². The van der Waals surface area contributed by atoms with Gasteiger partial charge in [0.1, 0.15) is 9.92 Å². The SMILES string of the molecule is CN(Cc1cccc(S(N)(=O)=NC(=O)Nc2c3c(cc4c2CCC4)CCC3)c1)CC1CC1. The normalized spacial score (nSPS) is 18.8. The summed E-state index contributed by atoms with van der Waals surface area (Å²) in [5.41, 5.74) is 7.02. The first-order valence-corrected chi connectivity index (χ1v) is 13.3. The summed E-state index contributed by atoms with van der Waals surface area (Å²) in [5, 5.41) is 9.07. The van der Waals surface area contributed by atoms with Gasteiger partial charge in [-0.25, -0.2) is 14.1 Å². The maximum Gasteiger partial charge on any atom is 0.354 e. The number of rotatable bonds is 6. The highest BCUT2D eigenvalue weighted by atomic mass is 32.2. The smallest absolute Gasteiger partial charge is 0.305 e. The van der Waals surface area contributed by atoms with Crippen molar-refractivity contribution in [3.63, 3.8) is 0 Å². The highest BCUT2D eigenvalue weighted by molar-refractivity contribution is 7.91. The van der Waals surface area contributed by atoms with Crippen LogP contribution in [0.5, 0.6) is 0 Å². The number of nitrogens with zero attached hydrogens (tertiary/aromatic N) is 2. The molecule has 2 aromatic rings. The van der Waals surface area contributed by atoms with Crippen LogP contribution in [0, 0.1) is 5.92 Å². The molecule has 170 valence electrons. The molecule has 0 radical (unpaired) electrons. The van der Waals surface area contributed by atoms with Crippen molar-refractivity contribution in [2.24, 2.45) is 15.4 Å². The molecule has 3 aliphatic carbocycles. The van der Waals surface area contributed by atoms with Crippen molar-refractivity contribution in [2.75, 3.05) is 18.9 Å². The second-order valence-corrected chi connectivity index (χ2v) is 11.4. The Kier molecular flexibility index (Phi) is 5.82. The molecule has 0 spiro atoms. The van der Waals surface area contributed by atoms with Gasteiger partial charge in [-0.3, -0.25) is 0 Å². The number of aryl methyl sites for hydroxylation is 2. The maximum absolute atomic E-state index is 13.2. The fourth-order valence-electron chi connectivity index (χ4n) is 5.22. The number of benzene rings is 2. The minimum atomic E-state index is -3.33. The Hall–Kier alpha value is -2.22. The molecule has 7 heteroatoms. The maximum atomic E-state index is 13.2. The predicted molar refractivity (Wildman–Crippen MR) is 128 cm³/mol. The van der Waals surface area contributed by atoms with Crippen molar-refractivity contribution >= 4 is 21.6 Å². The average Bonchev–Trinajstić information content (AvgIpc) is 3.22. The topological polar surface area (TPSA) is 87.8 Å². The van der Waals surface area contributed by atoms with Gasteiger partial charge in [0.15, 0.2) is 0 Å². The second kappa shape index (κ2) is 8.61. The molecular formula is C25H32N4O2S. The lowest BCUT2D eigenvalue weighted by molar-refractivity contribution is 0.260. The Morgan fingerprint density at radius 2 is 1.81 bits per heavy atom. The third-order valence-electron chi connectivity index (χ3n) is 6.88. The number of hydrogen-bond donors (Lipinski definition) is 2. The Labute approximate surface area is 190 Å². The zero-order valence-electron chi connectivity index (χ0n) is 18.7. The molecule has 32 heavy (non-hydrogen) atoms. The van der Waals surface area contributed by atoms with Crippen LogP contribution in [0.2, 0.25) is 0 Å². The van der Waals surface area contributed by atoms with Crippen LogP contribution in [0.1, 0.15) is 53.5 Å². The van der Waals surface area contributed by atoms with Crippen molar-refractivity contribution in [1.29, 1.82) is 0 Å². The van der Waals surface area contributed by atoms with Crippen LogP contribution in [0.4, 0.5) is 10.5 Å². The molecule has 2 aromatic carbocycles. The van der Waals surface area contributed by atoms with Gasteiger partial charge in [0.2, 0.25) is 0 Å². The molecule has 6 nitrogen and oxygen atoms in total. The van der Waals surface area contributed by atoms with E-state index in [2.05, 4.69) is 27.7 Å². The Morgan fingerprint density at radius 1 is 1.12 bits per heavy atom. The summed E-state index contributed by atoms with van der Waals surface area (Å²) < 4.78 is 17.2. The van der Waals surface area contributed by atoms with E-state index in [-0.39, 0.29) is 0 Å². The van der Waals surface area contributed by atoms with Gasteiger partial charge in [-0.1, -0.05) is 18.2 Å². The van der Waals surface area contributed by atoms with E-state index in [1.54, 1.807) is 6.07 Å². The number of hydrogen-bond acceptors (Lipinski definition) is 3. The molecular weight excluding hydrogens is 420 g/mol. The van der Waals surface area contributed by atoms with E-state index in [4.69, 9.17) is 5.14 Å². The number of anilines is 1. The van der Waals surface area contributed by atoms with E-state index in [1.165, 1.54) is 35.1 Å². The number of nitrogens with one attached hydrogen (secondary N) is 1. The van der Waals surface area contributed by atoms with Crippen molar-refractivity contribution in [2.45, 2.75) is 62.8 Å². The fraction of sp³-hybridized carbons (Fsp3) is 0.480. The number of carbonyl (C=O) groups is 1. The van der Waals surface area contributed by atoms with Gasteiger partial charge < -0.3 is 10.2 Å². The fourth-order valence-corrected chi connectivity index (χ4v) is 6.21. The Balaban J connectivity index is 1.36. The van der Waals surface area contributed by atoms with Crippen molar-refractivity contribution in [3.8, 4) is 0 Å². The van der Waals surface area contributed by atoms with Crippen molar-refractivity contribution in [1.82, 2.24) is 4.90 Å². The summed E-state index contributed by atoms with van der Waals surface area (Å²) in [5.74, 6) is 0.807. The van der Waals surface area contributed by atoms with Gasteiger partial charge in [0, 0.05) is 18.8 Å². The van der Waals surface area contributed by atoms with Crippen LogP contribution in [0.15, 0.2) is 39.6 Å². The number of amides is 2. The van der Waals surface area contributed by atoms with Gasteiger partial charge in [0.25, 0.3) is 0 Å². The molecule has 2 amide bonds. The van der Waals surface area contributed by atoms with E-state index in [0.717, 1.165) is 68.8 Å². The molecule has 1 unspecified atom stereocenters. The Morgan fingerprint density at radius 3 is 2.47 bits per heavy atom. The number of nitrogens with two attached hydrogens (primary N) is 1. The standard InChI is InChI=1S/C25H32N4O2S/c1-29(15-17-11-12-17)16-18-5-2-8-21(13-18)32(26,31)28-25(30)27-24-22-9-3-6-19(22)14-20-7-4-10-23(20)24/h2,5,8,13-14,17H,3-4,6-7,9-12,15-16H2,1H3,(H3,26,27,28,30,31). The monoisotopic (exact) mass is 452 g/mol. The summed E-state index contributed by atoms with van der Waals surface area (Å²) in [6.45, 7) is 1.83. The molecule has 3 aliphatic rings. The van der Waals surface area contributed by atoms with Crippen molar-refractivity contribution < 1.29 is 9.00 Å². The molecule has 3 N–H and O–H groups in total. The first-order chi connectivity index (χ1) is 15.4. The molecule has 1 fully saturated rings. The molecule has 1 atom stereocenters. The van der Waals surface area contributed by atoms with Crippen LogP contribution in [-0.2, 0) is 42.1 Å². The minimum absolute atomic E-state index is 0.397. The summed E-state index contributed by atoms with van der Waals surface area (Å²) >= 11 is 0. The lowest BCUT2D eigenvalue weighted by Crippen LogP contribution is -2.21. The lowest BCUT2D eigenvalue weighted by atomic mass is 9.99. The van der Waals surface area contributed by atoms with Crippen LogP contribution in [-0.4, -0.2) is 28.7 Å². The third kappa shape index (κ3) is 4.60. The molecule has 5 rings (SSSR count). The third-order valence-corrected chi connectivity index (χ3v) is 8.25. The van der Waals surface area contributed by atoms with Gasteiger partial charge in [0.05, 0.1) is 4.90 Å². The van der Waals surface area contributed by atoms with Gasteiger partial charge in [-0.05, 0) is 104 Å². The van der Waals surface area contributed by atoms with Crippen LogP contribution in [0.25, 0.3) is 0 Å². The zero-order chi connectivity index (χ0) is 22.3. The largest absolute Gasteiger partial charge is 0.354 e. The summed E-state index contributed by atoms with van der Waals surface area (Å²) in [4.78, 5) is 15.5. The lowest BCUT2D eigenvalue weighted by Gasteiger charge is -2.17. The van der Waals surface area contributed by atoms with Crippen LogP contribution >= 0.6 is 0 Å². The van der Waals surface area contributed by atoms with E-state index in [1.807, 2.05) is 18.2 Å². The van der Waals surface area contributed by atoms with Gasteiger partial charge in [-0.15, -0.1) is 4.36 Å². The molecule has 0 heterocycles. The van der Waals surface area contributed by atoms with E-state index in [9.17, 15) is 9.00 Å². The van der Waals surface area contributed by atoms with E-state index < -0.39 is 15.9 Å². The van der Waals surface area contributed by atoms with Crippen molar-refractivity contribution in [3.05, 3.63) is 58.1 Å². The summed E-state index contributed by atoms with van der Waals surface area (Å²) in [7, 11) is -1.24. The number of urea groups is 1. The van der Waals surface area contributed by atoms with Gasteiger partial charge >= 0.3 is 6.03 Å². The second-order valence-electron chi connectivity index (χ2n) is 9.61. The molecule has 0 aliphatic heterocycles. The first kappa shape index (κ1) is 21.6.